The monoisotopic (exact) mass is 2050 g/mol. The first-order chi connectivity index (χ1) is 66.3. The van der Waals surface area contributed by atoms with Crippen LogP contribution in [0.3, 0.4) is 0 Å². The fraction of sp³-hybridized carbons (Fsp3) is 0.114. The number of anilines is 7. The zero-order chi connectivity index (χ0) is 101. The first-order valence-corrected chi connectivity index (χ1v) is 48.7. The summed E-state index contributed by atoms with van der Waals surface area (Å²) in [5, 5.41) is 42.1. The molecule has 12 N–H and O–H groups in total. The third-order valence-corrected chi connectivity index (χ3v) is 29.5. The van der Waals surface area contributed by atoms with Gasteiger partial charge in [-0.25, -0.2) is 60.8 Å². The quantitative estimate of drug-likeness (QED) is 0.0150. The number of H-pyrrole nitrogens is 4. The molecule has 0 aliphatic carbocycles. The molecule has 0 radical (unpaired) electrons. The van der Waals surface area contributed by atoms with E-state index in [1.165, 1.54) is 73.6 Å². The molecule has 11 aromatic carbocycles. The summed E-state index contributed by atoms with van der Waals surface area (Å²) in [6.45, 7) is 2.49. The van der Waals surface area contributed by atoms with E-state index in [0.717, 1.165) is 73.6 Å². The van der Waals surface area contributed by atoms with Crippen LogP contribution in [-0.2, 0) is 62.6 Å². The highest BCUT2D eigenvalue weighted by Crippen LogP contribution is 2.41. The van der Waals surface area contributed by atoms with Gasteiger partial charge >= 0.3 is 34.6 Å². The van der Waals surface area contributed by atoms with Crippen LogP contribution in [0.15, 0.2) is 364 Å². The minimum Gasteiger partial charge on any atom is -0.744 e. The summed E-state index contributed by atoms with van der Waals surface area (Å²) in [6.07, 6.45) is -8.04. The van der Waals surface area contributed by atoms with Gasteiger partial charge in [-0.15, -0.1) is 40.9 Å². The van der Waals surface area contributed by atoms with Crippen LogP contribution >= 0.6 is 23.2 Å². The largest absolute Gasteiger partial charge is 0.744 e. The van der Waals surface area contributed by atoms with Crippen LogP contribution in [0.2, 0.25) is 10.0 Å². The number of para-hydroxylation sites is 4. The van der Waals surface area contributed by atoms with Crippen molar-refractivity contribution in [3.63, 3.8) is 0 Å². The molecular weight excluding hydrogens is 1980 g/mol. The van der Waals surface area contributed by atoms with E-state index >= 15 is 0 Å². The third-order valence-electron chi connectivity index (χ3n) is 20.6. The maximum Gasteiger partial charge on any atom is 0.416 e. The van der Waals surface area contributed by atoms with Crippen molar-refractivity contribution in [2.75, 3.05) is 69.6 Å². The van der Waals surface area contributed by atoms with Crippen molar-refractivity contribution < 1.29 is 73.0 Å². The van der Waals surface area contributed by atoms with Crippen LogP contribution in [0.4, 0.5) is 112 Å². The van der Waals surface area contributed by atoms with Gasteiger partial charge in [0.25, 0.3) is 30.1 Å². The van der Waals surface area contributed by atoms with Crippen LogP contribution in [0.25, 0.3) is 22.7 Å². The second-order valence-corrected chi connectivity index (χ2v) is 39.4. The zero-order valence-corrected chi connectivity index (χ0v) is 78.3. The Hall–Kier alpha value is -15.7. The van der Waals surface area contributed by atoms with E-state index in [0.29, 0.717) is 58.4 Å². The van der Waals surface area contributed by atoms with Crippen LogP contribution < -0.4 is 58.1 Å². The number of sulfonamides is 4. The molecule has 0 amide bonds. The van der Waals surface area contributed by atoms with Crippen molar-refractivity contribution in [1.82, 2.24) is 43.4 Å². The van der Waals surface area contributed by atoms with Gasteiger partial charge in [0.2, 0.25) is 10.0 Å². The highest BCUT2D eigenvalue weighted by atomic mass is 35.5. The number of aromatic nitrogens is 8. The average molecular weight is 2060 g/mol. The molecule has 5 heterocycles. The normalized spacial score (nSPS) is 12.9. The van der Waals surface area contributed by atoms with Crippen LogP contribution in [0.1, 0.15) is 30.9 Å². The van der Waals surface area contributed by atoms with Gasteiger partial charge in [-0.05, 0) is 190 Å². The number of azo groups is 4. The van der Waals surface area contributed by atoms with Gasteiger partial charge in [-0.3, -0.25) is 52.5 Å². The number of nitrogens with zero attached hydrogens (tertiary/aromatic N) is 16. The van der Waals surface area contributed by atoms with Crippen molar-refractivity contribution in [3.05, 3.63) is 342 Å². The molecule has 0 saturated carbocycles. The molecule has 140 heavy (non-hydrogen) atoms. The molecule has 726 valence electrons. The molecule has 16 rings (SSSR count). The predicted octanol–water partition coefficient (Wildman–Crippen LogP) is 17.6. The summed E-state index contributed by atoms with van der Waals surface area (Å²) in [5.74, 6) is -0.505. The van der Waals surface area contributed by atoms with Crippen molar-refractivity contribution in [2.24, 2.45) is 40.9 Å². The third kappa shape index (κ3) is 22.6. The van der Waals surface area contributed by atoms with Crippen LogP contribution in [0, 0.1) is 0 Å². The van der Waals surface area contributed by atoms with E-state index in [1.54, 1.807) is 159 Å². The molecule has 0 bridgehead atoms. The maximum absolute atomic E-state index is 13.4. The van der Waals surface area contributed by atoms with Crippen molar-refractivity contribution in [2.45, 2.75) is 56.6 Å². The first kappa shape index (κ1) is 102. The Labute approximate surface area is 801 Å². The molecule has 1 aliphatic heterocycles. The molecule has 0 atom stereocenters. The Kier molecular flexibility index (Phi) is 30.6. The van der Waals surface area contributed by atoms with Crippen LogP contribution in [-0.4, -0.2) is 124 Å². The molecule has 39 nitrogen and oxygen atoms in total. The summed E-state index contributed by atoms with van der Waals surface area (Å²) >= 11 is 12.0. The van der Waals surface area contributed by atoms with Gasteiger partial charge in [0.15, 0.2) is 22.7 Å². The number of rotatable bonds is 25. The highest BCUT2D eigenvalue weighted by Gasteiger charge is 2.37. The second kappa shape index (κ2) is 42.1. The van der Waals surface area contributed by atoms with Crippen molar-refractivity contribution in [3.8, 4) is 22.7 Å². The molecule has 4 aromatic heterocycles. The molecule has 15 aromatic rings. The average Bonchev–Trinajstić information content (AvgIpc) is 1.00. The zero-order valence-electron chi connectivity index (χ0n) is 72.7. The number of halogens is 8. The Morgan fingerprint density at radius 2 is 0.700 bits per heavy atom. The Bertz CT molecular complexity index is 8120. The van der Waals surface area contributed by atoms with Gasteiger partial charge in [0.1, 0.15) is 75.7 Å². The lowest BCUT2D eigenvalue weighted by Crippen LogP contribution is -2.30. The highest BCUT2D eigenvalue weighted by molar-refractivity contribution is 7.93. The number of hydrogen-bond acceptors (Lipinski definition) is 27. The Balaban J connectivity index is 0.000000158. The van der Waals surface area contributed by atoms with Gasteiger partial charge in [0, 0.05) is 38.8 Å². The number of nitrogen functional groups attached to an aromatic ring is 4. The van der Waals surface area contributed by atoms with E-state index < -0.39 is 122 Å². The standard InChI is InChI=1S/C23H18ClF3N6O6S2.C23H22N6O3S.C22H19ClN6O3S.C20H19F3N6O3S/c1-32(14-8-6-13(7-9-14)23(25,26)27)40(35,36)19-5-3-2-4-17(19)29-30-20-21(28)31-33(22(20)34)18-12-15(41(37,38)39)10-11-16(18)24;1-2-28(17-11-5-3-6-12-17)33(31,32)20-16-10-9-15-19(20)25-26-21-22(24)27-29(23(21)30)18-13-7-4-8-14-18;1-28(16-13-11-15(23)12-14-16)33(31,32)19-10-6-5-9-18(19)25-26-20-21(24)27-29(22(20)30)17-7-3-2-4-8-17;21-20(22,23)13-8-9-16(33(31,32)28-10-4-5-11-28)15(12-13)25-26-17-18(24)27-29(19(17)30)14-6-2-1-3-7-14/h2-12,31H,28H2,1H3,(H,37,38,39);3-16,27H,2,24H2,1H3;2-14,27H,24H2,1H3;1-3,6-9,12,27H,4-5,10-11,24H2/p-1. The number of nitrogens with two attached hydrogens (primary N) is 4. The molecule has 0 unspecified atom stereocenters. The number of hydrogen-bond donors (Lipinski definition) is 8. The molecule has 1 saturated heterocycles. The summed E-state index contributed by atoms with van der Waals surface area (Å²) in [4.78, 5) is 49.7. The van der Waals surface area contributed by atoms with Crippen molar-refractivity contribution >= 4 is 159 Å². The molecule has 1 fully saturated rings. The van der Waals surface area contributed by atoms with E-state index in [4.69, 9.17) is 46.1 Å². The fourth-order valence-electron chi connectivity index (χ4n) is 13.5. The van der Waals surface area contributed by atoms with E-state index in [9.17, 15) is 92.2 Å². The molecular formula is C88H77Cl2F6N24O15S5-. The van der Waals surface area contributed by atoms with Gasteiger partial charge in [0.05, 0.1) is 60.9 Å². The number of aromatic amines is 4. The lowest BCUT2D eigenvalue weighted by molar-refractivity contribution is -0.138. The predicted molar refractivity (Wildman–Crippen MR) is 512 cm³/mol. The second-order valence-electron chi connectivity index (χ2n) is 29.6. The first-order valence-electron chi connectivity index (χ1n) is 40.8. The summed E-state index contributed by atoms with van der Waals surface area (Å²) < 4.78 is 227. The van der Waals surface area contributed by atoms with E-state index in [1.807, 2.05) is 18.2 Å². The Morgan fingerprint density at radius 3 is 1.07 bits per heavy atom. The van der Waals surface area contributed by atoms with E-state index in [2.05, 4.69) is 61.3 Å². The van der Waals surface area contributed by atoms with Gasteiger partial charge in [-0.2, -0.15) is 30.6 Å². The van der Waals surface area contributed by atoms with Crippen molar-refractivity contribution in [1.29, 1.82) is 0 Å². The minimum absolute atomic E-state index is 0.00576. The molecule has 52 heteroatoms. The maximum atomic E-state index is 13.4. The smallest absolute Gasteiger partial charge is 0.416 e. The number of alkyl halides is 6. The lowest BCUT2D eigenvalue weighted by Gasteiger charge is -2.23. The number of nitrogens with one attached hydrogen (secondary N) is 4. The lowest BCUT2D eigenvalue weighted by atomic mass is 10.2. The summed E-state index contributed by atoms with van der Waals surface area (Å²) in [5.41, 5.74) is 19.4. The van der Waals surface area contributed by atoms with E-state index in [-0.39, 0.29) is 103 Å². The fourth-order valence-corrected chi connectivity index (χ4v) is 20.1. The summed E-state index contributed by atoms with van der Waals surface area (Å²) in [7, 11) is -18.7. The van der Waals surface area contributed by atoms with Crippen LogP contribution in [0.5, 0.6) is 0 Å². The topological polar surface area (TPSA) is 561 Å². The molecule has 0 spiro atoms. The molecule has 1 aliphatic rings. The summed E-state index contributed by atoms with van der Waals surface area (Å²) in [6, 6.07) is 67.3. The SMILES string of the molecule is CCN(c1ccccc1)S(=O)(=O)c1ccccc1N=Nc1c(N)[nH]n(-c2ccccc2)c1=O.CN(c1ccc(C(F)(F)F)cc1)S(=O)(=O)c1ccccc1N=Nc1c(N)[nH]n(-c2cc(S(=O)(=O)[O-])ccc2Cl)c1=O.CN(c1ccc(Cl)cc1)S(=O)(=O)c1ccccc1N=Nc1c(N)[nH]n(-c2ccccc2)c1=O.Nc1[nH]n(-c2ccccc2)c(=O)c1N=Nc1cc(C(F)(F)F)ccc1S(=O)(=O)N1CCCC1. The van der Waals surface area contributed by atoms with Gasteiger partial charge in [-0.1, -0.05) is 132 Å². The Morgan fingerprint density at radius 1 is 0.371 bits per heavy atom. The van der Waals surface area contributed by atoms with Gasteiger partial charge < -0.3 is 27.5 Å². The minimum atomic E-state index is -4.89. The number of benzene rings is 11.